The van der Waals surface area contributed by atoms with Crippen molar-refractivity contribution >= 4 is 8.32 Å². The van der Waals surface area contributed by atoms with E-state index in [1.807, 2.05) is 36.4 Å². The van der Waals surface area contributed by atoms with Crippen molar-refractivity contribution in [1.29, 1.82) is 0 Å². The number of allylic oxidation sites excluding steroid dienone is 1. The highest BCUT2D eigenvalue weighted by Crippen LogP contribution is 2.36. The van der Waals surface area contributed by atoms with Crippen LogP contribution in [-0.2, 0) is 27.1 Å². The van der Waals surface area contributed by atoms with Crippen LogP contribution in [0.25, 0.3) is 0 Å². The minimum atomic E-state index is -1.91. The van der Waals surface area contributed by atoms with E-state index < -0.39 is 8.32 Å². The fraction of sp³-hybridized carbons (Fsp3) is 0.500. The van der Waals surface area contributed by atoms with Gasteiger partial charge in [-0.3, -0.25) is 0 Å². The first-order chi connectivity index (χ1) is 15.1. The monoisotopic (exact) mass is 454 g/mol. The minimum Gasteiger partial charge on any atom is -0.414 e. The van der Waals surface area contributed by atoms with E-state index in [1.54, 1.807) is 0 Å². The molecular weight excluding hydrogens is 412 g/mol. The molecule has 0 saturated heterocycles. The van der Waals surface area contributed by atoms with Crippen LogP contribution in [0.5, 0.6) is 0 Å². The van der Waals surface area contributed by atoms with E-state index in [0.717, 1.165) is 11.1 Å². The Morgan fingerprint density at radius 2 is 1.28 bits per heavy atom. The number of hydrogen-bond donors (Lipinski definition) is 0. The van der Waals surface area contributed by atoms with Crippen molar-refractivity contribution in [3.8, 4) is 0 Å². The Morgan fingerprint density at radius 3 is 1.75 bits per heavy atom. The number of hydrogen-bond acceptors (Lipinski definition) is 3. The Labute approximate surface area is 196 Å². The van der Waals surface area contributed by atoms with Gasteiger partial charge in [0.15, 0.2) is 8.32 Å². The molecule has 0 aliphatic carbocycles. The highest BCUT2D eigenvalue weighted by Gasteiger charge is 2.38. The molecule has 0 bridgehead atoms. The molecule has 0 radical (unpaired) electrons. The lowest BCUT2D eigenvalue weighted by molar-refractivity contribution is -0.0826. The Balaban J connectivity index is 2.20. The van der Waals surface area contributed by atoms with Crippen LogP contribution >= 0.6 is 0 Å². The Bertz CT molecular complexity index is 794. The second kappa shape index (κ2) is 12.5. The van der Waals surface area contributed by atoms with Crippen molar-refractivity contribution in [2.45, 2.75) is 78.2 Å². The molecule has 2 atom stereocenters. The van der Waals surface area contributed by atoms with E-state index in [0.29, 0.717) is 25.7 Å². The van der Waals surface area contributed by atoms with E-state index >= 15 is 0 Å². The van der Waals surface area contributed by atoms with Gasteiger partial charge in [-0.05, 0) is 35.2 Å². The molecule has 0 heterocycles. The van der Waals surface area contributed by atoms with Gasteiger partial charge in [-0.1, -0.05) is 107 Å². The SMILES string of the molecule is CC(C)/C=C/[C@H](OCc1ccccc1)[C@H](CO[Si](C)(C)C(C)(C)C)OCc1ccccc1. The fourth-order valence-electron chi connectivity index (χ4n) is 2.91. The van der Waals surface area contributed by atoms with Crippen LogP contribution < -0.4 is 0 Å². The lowest BCUT2D eigenvalue weighted by Gasteiger charge is -2.38. The van der Waals surface area contributed by atoms with E-state index in [2.05, 4.69) is 84.1 Å². The summed E-state index contributed by atoms with van der Waals surface area (Å²) in [5, 5.41) is 0.144. The Hall–Kier alpha value is -1.72. The molecule has 0 unspecified atom stereocenters. The molecule has 3 nitrogen and oxygen atoms in total. The van der Waals surface area contributed by atoms with Crippen molar-refractivity contribution < 1.29 is 13.9 Å². The molecule has 176 valence electrons. The van der Waals surface area contributed by atoms with E-state index in [1.165, 1.54) is 0 Å². The normalized spacial score (nSPS) is 14.8. The third kappa shape index (κ3) is 9.03. The highest BCUT2D eigenvalue weighted by atomic mass is 28.4. The molecule has 32 heavy (non-hydrogen) atoms. The summed E-state index contributed by atoms with van der Waals surface area (Å²) < 4.78 is 19.4. The molecule has 0 fully saturated rings. The van der Waals surface area contributed by atoms with Crippen molar-refractivity contribution in [2.75, 3.05) is 6.61 Å². The largest absolute Gasteiger partial charge is 0.414 e. The topological polar surface area (TPSA) is 27.7 Å². The van der Waals surface area contributed by atoms with E-state index in [4.69, 9.17) is 13.9 Å². The molecule has 0 aromatic heterocycles. The maximum atomic E-state index is 6.58. The third-order valence-corrected chi connectivity index (χ3v) is 10.6. The predicted molar refractivity (Wildman–Crippen MR) is 137 cm³/mol. The van der Waals surface area contributed by atoms with Crippen LogP contribution in [-0.4, -0.2) is 27.1 Å². The van der Waals surface area contributed by atoms with Crippen LogP contribution in [0.1, 0.15) is 45.7 Å². The first-order valence-corrected chi connectivity index (χ1v) is 14.6. The average Bonchev–Trinajstić information content (AvgIpc) is 2.75. The first kappa shape index (κ1) is 26.5. The molecule has 0 aliphatic rings. The zero-order valence-corrected chi connectivity index (χ0v) is 22.0. The van der Waals surface area contributed by atoms with Crippen LogP contribution in [0.4, 0.5) is 0 Å². The highest BCUT2D eigenvalue weighted by molar-refractivity contribution is 6.74. The van der Waals surface area contributed by atoms with Crippen LogP contribution in [0.15, 0.2) is 72.8 Å². The molecule has 0 saturated carbocycles. The second-order valence-electron chi connectivity index (χ2n) is 10.3. The van der Waals surface area contributed by atoms with Gasteiger partial charge >= 0.3 is 0 Å². The molecule has 0 N–H and O–H groups in total. The molecule has 2 rings (SSSR count). The zero-order chi connectivity index (χ0) is 23.6. The lowest BCUT2D eigenvalue weighted by Crippen LogP contribution is -2.45. The third-order valence-electron chi connectivity index (χ3n) is 6.06. The van der Waals surface area contributed by atoms with Gasteiger partial charge in [0.05, 0.1) is 19.8 Å². The van der Waals surface area contributed by atoms with Crippen LogP contribution in [0.2, 0.25) is 18.1 Å². The summed E-state index contributed by atoms with van der Waals surface area (Å²) in [5.41, 5.74) is 2.31. The molecule has 0 spiro atoms. The zero-order valence-electron chi connectivity index (χ0n) is 21.0. The maximum absolute atomic E-state index is 6.58. The van der Waals surface area contributed by atoms with Gasteiger partial charge in [0.2, 0.25) is 0 Å². The standard InChI is InChI=1S/C28H42O3Si/c1-23(2)18-19-26(29-20-24-14-10-8-11-15-24)27(22-31-32(6,7)28(3,4)5)30-21-25-16-12-9-13-17-25/h8-19,23,26-27H,20-22H2,1-7H3/b19-18+/t26-,27-/m0/s1. The van der Waals surface area contributed by atoms with Gasteiger partial charge in [0.1, 0.15) is 12.2 Å². The number of ether oxygens (including phenoxy) is 2. The van der Waals surface area contributed by atoms with Gasteiger partial charge < -0.3 is 13.9 Å². The first-order valence-electron chi connectivity index (χ1n) is 11.7. The van der Waals surface area contributed by atoms with Crippen LogP contribution in [0, 0.1) is 5.92 Å². The molecule has 4 heteroatoms. The predicted octanol–water partition coefficient (Wildman–Crippen LogP) is 7.39. The lowest BCUT2D eigenvalue weighted by atomic mass is 10.1. The molecule has 0 amide bonds. The summed E-state index contributed by atoms with van der Waals surface area (Å²) in [5.74, 6) is 0.439. The Kier molecular flexibility index (Phi) is 10.4. The van der Waals surface area contributed by atoms with Crippen molar-refractivity contribution in [3.05, 3.63) is 83.9 Å². The van der Waals surface area contributed by atoms with E-state index in [-0.39, 0.29) is 17.2 Å². The summed E-state index contributed by atoms with van der Waals surface area (Å²) in [6, 6.07) is 20.6. The average molecular weight is 455 g/mol. The molecule has 2 aromatic carbocycles. The van der Waals surface area contributed by atoms with Crippen LogP contribution in [0.3, 0.4) is 0 Å². The van der Waals surface area contributed by atoms with Crippen molar-refractivity contribution in [1.82, 2.24) is 0 Å². The maximum Gasteiger partial charge on any atom is 0.192 e. The fourth-order valence-corrected chi connectivity index (χ4v) is 3.92. The smallest absolute Gasteiger partial charge is 0.192 e. The summed E-state index contributed by atoms with van der Waals surface area (Å²) in [4.78, 5) is 0. The molecular formula is C28H42O3Si. The van der Waals surface area contributed by atoms with Gasteiger partial charge in [-0.25, -0.2) is 0 Å². The quantitative estimate of drug-likeness (QED) is 0.247. The van der Waals surface area contributed by atoms with Gasteiger partial charge in [0, 0.05) is 0 Å². The minimum absolute atomic E-state index is 0.144. The van der Waals surface area contributed by atoms with Gasteiger partial charge in [-0.2, -0.15) is 0 Å². The Morgan fingerprint density at radius 1 is 0.781 bits per heavy atom. The molecule has 2 aromatic rings. The van der Waals surface area contributed by atoms with Gasteiger partial charge in [0.25, 0.3) is 0 Å². The van der Waals surface area contributed by atoms with E-state index in [9.17, 15) is 0 Å². The number of benzene rings is 2. The van der Waals surface area contributed by atoms with Crippen molar-refractivity contribution in [3.63, 3.8) is 0 Å². The second-order valence-corrected chi connectivity index (χ2v) is 15.1. The summed E-state index contributed by atoms with van der Waals surface area (Å²) in [7, 11) is -1.91. The summed E-state index contributed by atoms with van der Waals surface area (Å²) >= 11 is 0. The van der Waals surface area contributed by atoms with Gasteiger partial charge in [-0.15, -0.1) is 0 Å². The summed E-state index contributed by atoms with van der Waals surface area (Å²) in [6.07, 6.45) is 3.97. The summed E-state index contributed by atoms with van der Waals surface area (Å²) in [6.45, 7) is 17.3. The number of rotatable bonds is 12. The molecule has 0 aliphatic heterocycles. The van der Waals surface area contributed by atoms with Crippen molar-refractivity contribution in [2.24, 2.45) is 5.92 Å².